The summed E-state index contributed by atoms with van der Waals surface area (Å²) in [6, 6.07) is 14.9. The first kappa shape index (κ1) is 14.5. The third-order valence-corrected chi connectivity index (χ3v) is 3.34. The first-order valence-corrected chi connectivity index (χ1v) is 6.72. The van der Waals surface area contributed by atoms with Crippen LogP contribution in [-0.4, -0.2) is 25.0 Å². The lowest BCUT2D eigenvalue weighted by Crippen LogP contribution is -2.26. The average Bonchev–Trinajstić information content (AvgIpc) is 2.48. The smallest absolute Gasteiger partial charge is 0.253 e. The third-order valence-electron chi connectivity index (χ3n) is 3.04. The molecule has 0 saturated heterocycles. The Morgan fingerprint density at radius 2 is 1.70 bits per heavy atom. The number of ether oxygens (including phenoxy) is 1. The summed E-state index contributed by atoms with van der Waals surface area (Å²) >= 11 is 4.21. The summed E-state index contributed by atoms with van der Waals surface area (Å²) < 4.78 is 5.11. The highest BCUT2D eigenvalue weighted by Gasteiger charge is 2.11. The largest absolute Gasteiger partial charge is 0.497 e. The molecule has 0 atom stereocenters. The fraction of sp³-hybridized carbons (Fsp3) is 0.188. The molecule has 0 spiro atoms. The van der Waals surface area contributed by atoms with Gasteiger partial charge in [0.15, 0.2) is 0 Å². The molecule has 4 heteroatoms. The molecule has 2 aromatic rings. The fourth-order valence-electron chi connectivity index (χ4n) is 1.90. The summed E-state index contributed by atoms with van der Waals surface area (Å²) in [5.74, 6) is 0.807. The van der Waals surface area contributed by atoms with E-state index in [2.05, 4.69) is 12.6 Å². The van der Waals surface area contributed by atoms with Crippen molar-refractivity contribution in [2.75, 3.05) is 14.2 Å². The van der Waals surface area contributed by atoms with Gasteiger partial charge in [-0.25, -0.2) is 0 Å². The quantitative estimate of drug-likeness (QED) is 0.875. The van der Waals surface area contributed by atoms with Crippen LogP contribution in [0, 0.1) is 0 Å². The third kappa shape index (κ3) is 3.54. The molecule has 3 nitrogen and oxygen atoms in total. The lowest BCUT2D eigenvalue weighted by atomic mass is 10.1. The van der Waals surface area contributed by atoms with Gasteiger partial charge in [0.25, 0.3) is 5.91 Å². The minimum Gasteiger partial charge on any atom is -0.497 e. The number of benzene rings is 2. The van der Waals surface area contributed by atoms with Crippen LogP contribution in [0.15, 0.2) is 53.4 Å². The van der Waals surface area contributed by atoms with Crippen LogP contribution in [0.25, 0.3) is 0 Å². The Labute approximate surface area is 124 Å². The van der Waals surface area contributed by atoms with Crippen molar-refractivity contribution in [3.05, 3.63) is 59.7 Å². The van der Waals surface area contributed by atoms with Crippen molar-refractivity contribution in [3.63, 3.8) is 0 Å². The second-order valence-corrected chi connectivity index (χ2v) is 5.07. The molecule has 0 unspecified atom stereocenters. The Morgan fingerprint density at radius 1 is 1.10 bits per heavy atom. The average molecular weight is 287 g/mol. The van der Waals surface area contributed by atoms with Crippen LogP contribution in [0.2, 0.25) is 0 Å². The Hall–Kier alpha value is -1.94. The van der Waals surface area contributed by atoms with E-state index in [1.165, 1.54) is 0 Å². The standard InChI is InChI=1S/C16H17NO2S/c1-17(11-12-3-7-14(19-2)8-4-12)16(18)13-5-9-15(20)10-6-13/h3-10,20H,11H2,1-2H3. The van der Waals surface area contributed by atoms with Gasteiger partial charge in [-0.05, 0) is 42.0 Å². The van der Waals surface area contributed by atoms with Crippen LogP contribution >= 0.6 is 12.6 Å². The van der Waals surface area contributed by atoms with Gasteiger partial charge in [0, 0.05) is 24.1 Å². The van der Waals surface area contributed by atoms with Gasteiger partial charge in [-0.3, -0.25) is 4.79 Å². The number of hydrogen-bond acceptors (Lipinski definition) is 3. The molecule has 0 bridgehead atoms. The number of thiol groups is 1. The number of carbonyl (C=O) groups is 1. The molecule has 104 valence electrons. The molecule has 2 rings (SSSR count). The summed E-state index contributed by atoms with van der Waals surface area (Å²) in [6.07, 6.45) is 0. The van der Waals surface area contributed by atoms with Crippen LogP contribution in [0.4, 0.5) is 0 Å². The van der Waals surface area contributed by atoms with Gasteiger partial charge in [-0.1, -0.05) is 12.1 Å². The van der Waals surface area contributed by atoms with Crippen molar-refractivity contribution in [2.45, 2.75) is 11.4 Å². The zero-order chi connectivity index (χ0) is 14.5. The maximum absolute atomic E-state index is 12.3. The van der Waals surface area contributed by atoms with E-state index in [0.717, 1.165) is 16.2 Å². The highest BCUT2D eigenvalue weighted by Crippen LogP contribution is 2.14. The van der Waals surface area contributed by atoms with Gasteiger partial charge in [0.2, 0.25) is 0 Å². The molecule has 0 aliphatic carbocycles. The van der Waals surface area contributed by atoms with Crippen LogP contribution in [-0.2, 0) is 6.54 Å². The molecule has 0 aliphatic heterocycles. The highest BCUT2D eigenvalue weighted by molar-refractivity contribution is 7.80. The van der Waals surface area contributed by atoms with Crippen LogP contribution in [0.3, 0.4) is 0 Å². The summed E-state index contributed by atoms with van der Waals surface area (Å²) in [7, 11) is 3.43. The zero-order valence-corrected chi connectivity index (χ0v) is 12.4. The van der Waals surface area contributed by atoms with Crippen molar-refractivity contribution in [2.24, 2.45) is 0 Å². The normalized spacial score (nSPS) is 10.2. The topological polar surface area (TPSA) is 29.5 Å². The summed E-state index contributed by atoms with van der Waals surface area (Å²) in [6.45, 7) is 0.561. The van der Waals surface area contributed by atoms with E-state index in [4.69, 9.17) is 4.74 Å². The molecule has 20 heavy (non-hydrogen) atoms. The SMILES string of the molecule is COc1ccc(CN(C)C(=O)c2ccc(S)cc2)cc1. The summed E-state index contributed by atoms with van der Waals surface area (Å²) in [4.78, 5) is 14.8. The van der Waals surface area contributed by atoms with Crippen molar-refractivity contribution in [1.29, 1.82) is 0 Å². The number of nitrogens with zero attached hydrogens (tertiary/aromatic N) is 1. The highest BCUT2D eigenvalue weighted by atomic mass is 32.1. The van der Waals surface area contributed by atoms with Crippen LogP contribution < -0.4 is 4.74 Å². The molecule has 0 heterocycles. The van der Waals surface area contributed by atoms with E-state index in [-0.39, 0.29) is 5.91 Å². The minimum atomic E-state index is -0.00542. The van der Waals surface area contributed by atoms with Crippen LogP contribution in [0.5, 0.6) is 5.75 Å². The number of hydrogen-bond donors (Lipinski definition) is 1. The minimum absolute atomic E-state index is 0.00542. The van der Waals surface area contributed by atoms with Crippen molar-refractivity contribution in [3.8, 4) is 5.75 Å². The van der Waals surface area contributed by atoms with Gasteiger partial charge in [-0.15, -0.1) is 12.6 Å². The fourth-order valence-corrected chi connectivity index (χ4v) is 2.05. The summed E-state index contributed by atoms with van der Waals surface area (Å²) in [5.41, 5.74) is 1.73. The lowest BCUT2D eigenvalue weighted by Gasteiger charge is -2.17. The Morgan fingerprint density at radius 3 is 2.25 bits per heavy atom. The maximum Gasteiger partial charge on any atom is 0.253 e. The second kappa shape index (κ2) is 6.48. The van der Waals surface area contributed by atoms with Crippen molar-refractivity contribution < 1.29 is 9.53 Å². The molecule has 2 aromatic carbocycles. The first-order valence-electron chi connectivity index (χ1n) is 6.27. The zero-order valence-electron chi connectivity index (χ0n) is 11.5. The molecule has 0 aromatic heterocycles. The molecule has 0 saturated carbocycles. The molecule has 0 N–H and O–H groups in total. The molecular weight excluding hydrogens is 270 g/mol. The summed E-state index contributed by atoms with van der Waals surface area (Å²) in [5, 5.41) is 0. The van der Waals surface area contributed by atoms with Gasteiger partial charge in [0.1, 0.15) is 5.75 Å². The van der Waals surface area contributed by atoms with Gasteiger partial charge in [-0.2, -0.15) is 0 Å². The first-order chi connectivity index (χ1) is 9.60. The second-order valence-electron chi connectivity index (χ2n) is 4.56. The van der Waals surface area contributed by atoms with E-state index >= 15 is 0 Å². The molecule has 1 amide bonds. The Balaban J connectivity index is 2.04. The number of amides is 1. The van der Waals surface area contributed by atoms with Gasteiger partial charge in [0.05, 0.1) is 7.11 Å². The number of carbonyl (C=O) groups excluding carboxylic acids is 1. The molecule has 0 aliphatic rings. The van der Waals surface area contributed by atoms with E-state index < -0.39 is 0 Å². The van der Waals surface area contributed by atoms with Gasteiger partial charge >= 0.3 is 0 Å². The Bertz CT molecular complexity index is 578. The predicted molar refractivity (Wildman–Crippen MR) is 82.5 cm³/mol. The molecule has 0 fully saturated rings. The van der Waals surface area contributed by atoms with E-state index in [1.807, 2.05) is 36.4 Å². The van der Waals surface area contributed by atoms with Crippen molar-refractivity contribution >= 4 is 18.5 Å². The predicted octanol–water partition coefficient (Wildman–Crippen LogP) is 3.26. The van der Waals surface area contributed by atoms with Gasteiger partial charge < -0.3 is 9.64 Å². The van der Waals surface area contributed by atoms with Crippen molar-refractivity contribution in [1.82, 2.24) is 4.90 Å². The van der Waals surface area contributed by atoms with E-state index in [0.29, 0.717) is 12.1 Å². The monoisotopic (exact) mass is 287 g/mol. The Kier molecular flexibility index (Phi) is 4.69. The molecular formula is C16H17NO2S. The van der Waals surface area contributed by atoms with Crippen LogP contribution in [0.1, 0.15) is 15.9 Å². The number of rotatable bonds is 4. The lowest BCUT2D eigenvalue weighted by molar-refractivity contribution is 0.0785. The van der Waals surface area contributed by atoms with E-state index in [9.17, 15) is 4.79 Å². The maximum atomic E-state index is 12.3. The molecule has 0 radical (unpaired) electrons. The number of methoxy groups -OCH3 is 1. The van der Waals surface area contributed by atoms with E-state index in [1.54, 1.807) is 31.2 Å².